The molecule has 0 aliphatic rings. The molecule has 19 heavy (non-hydrogen) atoms. The van der Waals surface area contributed by atoms with Gasteiger partial charge in [0.15, 0.2) is 0 Å². The Hall–Kier alpha value is -1.33. The Morgan fingerprint density at radius 3 is 1.68 bits per heavy atom. The van der Waals surface area contributed by atoms with Gasteiger partial charge in [-0.25, -0.2) is 9.59 Å². The molecule has 0 radical (unpaired) electrons. The first-order valence-corrected chi connectivity index (χ1v) is 6.03. The van der Waals surface area contributed by atoms with Crippen molar-refractivity contribution >= 4 is 22.1 Å². The third kappa shape index (κ3) is 4.36. The third-order valence-corrected chi connectivity index (χ3v) is 2.88. The van der Waals surface area contributed by atoms with Gasteiger partial charge in [0.1, 0.15) is 0 Å². The number of ether oxygens (including phenoxy) is 2. The molecular formula is C10H11LiO7S. The minimum Gasteiger partial charge on any atom is -1.00 e. The van der Waals surface area contributed by atoms with E-state index in [9.17, 15) is 18.0 Å². The fraction of sp³-hybridized carbons (Fsp3) is 0.200. The fourth-order valence-corrected chi connectivity index (χ4v) is 1.77. The minimum atomic E-state index is -4.55. The number of esters is 2. The van der Waals surface area contributed by atoms with E-state index in [1.54, 1.807) is 0 Å². The van der Waals surface area contributed by atoms with Gasteiger partial charge in [-0.15, -0.1) is 0 Å². The number of benzene rings is 1. The summed E-state index contributed by atoms with van der Waals surface area (Å²) in [5.41, 5.74) is -0.374. The Bertz CT molecular complexity index is 565. The van der Waals surface area contributed by atoms with Gasteiger partial charge in [-0.3, -0.25) is 4.55 Å². The molecule has 1 aromatic rings. The summed E-state index contributed by atoms with van der Waals surface area (Å²) in [7, 11) is -2.35. The molecule has 0 saturated carbocycles. The van der Waals surface area contributed by atoms with Crippen LogP contribution >= 0.6 is 0 Å². The molecule has 0 spiro atoms. The first-order valence-electron chi connectivity index (χ1n) is 4.59. The Morgan fingerprint density at radius 1 is 1.05 bits per heavy atom. The summed E-state index contributed by atoms with van der Waals surface area (Å²) < 4.78 is 39.7. The maximum Gasteiger partial charge on any atom is 1.00 e. The molecule has 1 N–H and O–H groups in total. The zero-order valence-corrected chi connectivity index (χ0v) is 11.4. The molecule has 0 heterocycles. The van der Waals surface area contributed by atoms with Gasteiger partial charge in [-0.1, -0.05) is 0 Å². The summed E-state index contributed by atoms with van der Waals surface area (Å²) in [5.74, 6) is -1.68. The molecule has 0 bridgehead atoms. The van der Waals surface area contributed by atoms with Gasteiger partial charge in [0.2, 0.25) is 0 Å². The van der Waals surface area contributed by atoms with Gasteiger partial charge < -0.3 is 10.9 Å². The van der Waals surface area contributed by atoms with Crippen molar-refractivity contribution < 1.29 is 52.3 Å². The van der Waals surface area contributed by atoms with Crippen LogP contribution in [0.2, 0.25) is 0 Å². The smallest absolute Gasteiger partial charge is 1.00 e. The van der Waals surface area contributed by atoms with Gasteiger partial charge in [-0.05, 0) is 18.2 Å². The summed E-state index contributed by atoms with van der Waals surface area (Å²) >= 11 is 0. The topological polar surface area (TPSA) is 107 Å². The second kappa shape index (κ2) is 6.72. The molecule has 0 fully saturated rings. The van der Waals surface area contributed by atoms with Crippen LogP contribution in [0.25, 0.3) is 0 Å². The van der Waals surface area contributed by atoms with Gasteiger partial charge in [-0.2, -0.15) is 8.42 Å². The Labute approximate surface area is 123 Å². The molecule has 100 valence electrons. The van der Waals surface area contributed by atoms with Crippen LogP contribution in [-0.4, -0.2) is 39.1 Å². The monoisotopic (exact) mass is 282 g/mol. The molecule has 7 nitrogen and oxygen atoms in total. The van der Waals surface area contributed by atoms with E-state index in [0.717, 1.165) is 32.4 Å². The average molecular weight is 282 g/mol. The second-order valence-corrected chi connectivity index (χ2v) is 4.63. The SMILES string of the molecule is COC(=O)c1cc(C(=O)OC)cc(S(=O)(=O)O)c1.[H-].[Li+]. The van der Waals surface area contributed by atoms with Crippen molar-refractivity contribution in [2.45, 2.75) is 4.90 Å². The van der Waals surface area contributed by atoms with Crippen molar-refractivity contribution in [3.63, 3.8) is 0 Å². The molecule has 1 aromatic carbocycles. The van der Waals surface area contributed by atoms with E-state index in [1.165, 1.54) is 0 Å². The average Bonchev–Trinajstić information content (AvgIpc) is 2.35. The Morgan fingerprint density at radius 2 is 1.42 bits per heavy atom. The van der Waals surface area contributed by atoms with E-state index >= 15 is 0 Å². The molecule has 0 aromatic heterocycles. The van der Waals surface area contributed by atoms with Crippen molar-refractivity contribution in [1.29, 1.82) is 0 Å². The predicted octanol–water partition coefficient (Wildman–Crippen LogP) is -2.38. The summed E-state index contributed by atoms with van der Waals surface area (Å²) in [6, 6.07) is 2.90. The van der Waals surface area contributed by atoms with E-state index in [4.69, 9.17) is 4.55 Å². The van der Waals surface area contributed by atoms with Crippen LogP contribution in [0.5, 0.6) is 0 Å². The van der Waals surface area contributed by atoms with Gasteiger partial charge in [0, 0.05) is 0 Å². The summed E-state index contributed by atoms with van der Waals surface area (Å²) in [5, 5.41) is 0. The number of methoxy groups -OCH3 is 2. The fourth-order valence-electron chi connectivity index (χ4n) is 1.22. The second-order valence-electron chi connectivity index (χ2n) is 3.20. The van der Waals surface area contributed by atoms with E-state index in [1.807, 2.05) is 0 Å². The summed E-state index contributed by atoms with van der Waals surface area (Å²) in [6.07, 6.45) is 0. The van der Waals surface area contributed by atoms with Crippen LogP contribution in [0, 0.1) is 0 Å². The number of hydrogen-bond acceptors (Lipinski definition) is 6. The van der Waals surface area contributed by atoms with Crippen LogP contribution in [0.1, 0.15) is 22.1 Å². The Balaban J connectivity index is 0. The molecule has 0 unspecified atom stereocenters. The minimum absolute atomic E-state index is 0. The van der Waals surface area contributed by atoms with Crippen LogP contribution < -0.4 is 18.9 Å². The van der Waals surface area contributed by atoms with E-state index in [2.05, 4.69) is 9.47 Å². The van der Waals surface area contributed by atoms with Crippen molar-refractivity contribution in [3.8, 4) is 0 Å². The zero-order valence-electron chi connectivity index (χ0n) is 11.5. The standard InChI is InChI=1S/C10H10O7S.Li.H/c1-16-9(11)6-3-7(10(12)17-2)5-8(4-6)18(13,14)15;;/h3-5H,1-2H3,(H,13,14,15);;/q;+1;-1. The molecule has 9 heteroatoms. The van der Waals surface area contributed by atoms with Crippen LogP contribution in [0.15, 0.2) is 23.1 Å². The zero-order chi connectivity index (χ0) is 13.9. The summed E-state index contributed by atoms with van der Waals surface area (Å²) in [6.45, 7) is 0. The van der Waals surface area contributed by atoms with Crippen LogP contribution in [0.3, 0.4) is 0 Å². The molecule has 0 aliphatic heterocycles. The molecule has 0 amide bonds. The Kier molecular flexibility index (Phi) is 6.25. The predicted molar refractivity (Wildman–Crippen MR) is 60.0 cm³/mol. The van der Waals surface area contributed by atoms with Crippen molar-refractivity contribution in [3.05, 3.63) is 29.3 Å². The van der Waals surface area contributed by atoms with E-state index < -0.39 is 27.0 Å². The summed E-state index contributed by atoms with van der Waals surface area (Å²) in [4.78, 5) is 22.0. The molecule has 1 rings (SSSR count). The van der Waals surface area contributed by atoms with Crippen LogP contribution in [0.4, 0.5) is 0 Å². The number of rotatable bonds is 3. The molecule has 0 atom stereocenters. The van der Waals surface area contributed by atoms with Crippen molar-refractivity contribution in [2.24, 2.45) is 0 Å². The van der Waals surface area contributed by atoms with E-state index in [0.29, 0.717) is 0 Å². The quantitative estimate of drug-likeness (QED) is 0.375. The number of hydrogen-bond donors (Lipinski definition) is 1. The molecule has 0 aliphatic carbocycles. The third-order valence-electron chi connectivity index (χ3n) is 2.05. The molecule has 0 saturated heterocycles. The first-order chi connectivity index (χ1) is 8.29. The van der Waals surface area contributed by atoms with Gasteiger partial charge >= 0.3 is 30.8 Å². The number of carbonyl (C=O) groups excluding carboxylic acids is 2. The van der Waals surface area contributed by atoms with Crippen molar-refractivity contribution in [1.82, 2.24) is 0 Å². The molecular weight excluding hydrogens is 271 g/mol. The maximum absolute atomic E-state index is 11.3. The van der Waals surface area contributed by atoms with Gasteiger partial charge in [0.05, 0.1) is 30.2 Å². The van der Waals surface area contributed by atoms with Crippen LogP contribution in [-0.2, 0) is 19.6 Å². The van der Waals surface area contributed by atoms with E-state index in [-0.39, 0.29) is 31.4 Å². The van der Waals surface area contributed by atoms with Gasteiger partial charge in [0.25, 0.3) is 10.1 Å². The number of carbonyl (C=O) groups is 2. The normalized spacial score (nSPS) is 10.3. The maximum atomic E-state index is 11.3. The first kappa shape index (κ1) is 17.7. The largest absolute Gasteiger partial charge is 1.00 e. The van der Waals surface area contributed by atoms with Crippen molar-refractivity contribution in [2.75, 3.05) is 14.2 Å².